The molecule has 7 nitrogen and oxygen atoms in total. The van der Waals surface area contributed by atoms with Gasteiger partial charge in [0.25, 0.3) is 0 Å². The van der Waals surface area contributed by atoms with Crippen LogP contribution in [0.25, 0.3) is 0 Å². The fourth-order valence-corrected chi connectivity index (χ4v) is 4.14. The van der Waals surface area contributed by atoms with Gasteiger partial charge in [-0.15, -0.1) is 0 Å². The molecule has 2 aliphatic rings. The van der Waals surface area contributed by atoms with E-state index in [-0.39, 0.29) is 6.04 Å². The van der Waals surface area contributed by atoms with Crippen molar-refractivity contribution in [3.05, 3.63) is 29.3 Å². The Hall–Kier alpha value is -2.12. The van der Waals surface area contributed by atoms with Crippen LogP contribution < -0.4 is 15.5 Å². The molecule has 28 heavy (non-hydrogen) atoms. The number of anilines is 1. The molecule has 7 heteroatoms. The van der Waals surface area contributed by atoms with Gasteiger partial charge in [0.05, 0.1) is 12.6 Å². The van der Waals surface area contributed by atoms with E-state index in [9.17, 15) is 9.59 Å². The molecule has 0 bridgehead atoms. The van der Waals surface area contributed by atoms with Gasteiger partial charge in [-0.1, -0.05) is 12.1 Å². The van der Waals surface area contributed by atoms with Gasteiger partial charge in [0.2, 0.25) is 0 Å². The fraction of sp³-hybridized carbons (Fsp3) is 0.619. The number of rotatable bonds is 7. The third kappa shape index (κ3) is 5.02. The van der Waals surface area contributed by atoms with Crippen LogP contribution in [0.5, 0.6) is 0 Å². The number of hydrogen-bond acceptors (Lipinski definition) is 5. The molecule has 2 amide bonds. The zero-order chi connectivity index (χ0) is 19.9. The number of aryl methyl sites for hydroxylation is 1. The highest BCUT2D eigenvalue weighted by molar-refractivity contribution is 6.35. The Labute approximate surface area is 167 Å². The molecule has 2 N–H and O–H groups in total. The quantitative estimate of drug-likeness (QED) is 0.540. The average molecular weight is 389 g/mol. The third-order valence-electron chi connectivity index (χ3n) is 5.67. The molecule has 1 fully saturated rings. The molecule has 0 spiro atoms. The number of amides is 2. The fourth-order valence-electron chi connectivity index (χ4n) is 4.14. The highest BCUT2D eigenvalue weighted by Crippen LogP contribution is 2.31. The van der Waals surface area contributed by atoms with Crippen molar-refractivity contribution < 1.29 is 14.3 Å². The van der Waals surface area contributed by atoms with Crippen LogP contribution in [0.15, 0.2) is 18.2 Å². The van der Waals surface area contributed by atoms with E-state index in [0.29, 0.717) is 19.7 Å². The molecule has 1 aromatic carbocycles. The topological polar surface area (TPSA) is 73.9 Å². The lowest BCUT2D eigenvalue weighted by Gasteiger charge is -2.31. The van der Waals surface area contributed by atoms with Crippen molar-refractivity contribution in [2.75, 3.05) is 58.4 Å². The highest BCUT2D eigenvalue weighted by Gasteiger charge is 2.26. The summed E-state index contributed by atoms with van der Waals surface area (Å²) in [5, 5.41) is 5.40. The van der Waals surface area contributed by atoms with E-state index in [1.165, 1.54) is 36.1 Å². The van der Waals surface area contributed by atoms with Gasteiger partial charge in [0.15, 0.2) is 0 Å². The molecule has 1 saturated heterocycles. The smallest absolute Gasteiger partial charge is 0.309 e. The van der Waals surface area contributed by atoms with E-state index >= 15 is 0 Å². The summed E-state index contributed by atoms with van der Waals surface area (Å²) in [5.74, 6) is -1.19. The van der Waals surface area contributed by atoms with E-state index in [0.717, 1.165) is 26.1 Å². The average Bonchev–Trinajstić information content (AvgIpc) is 3.22. The molecule has 154 valence electrons. The molecular weight excluding hydrogens is 356 g/mol. The molecule has 3 rings (SSSR count). The molecule has 0 radical (unpaired) electrons. The van der Waals surface area contributed by atoms with Gasteiger partial charge >= 0.3 is 11.8 Å². The van der Waals surface area contributed by atoms with Gasteiger partial charge in [-0.2, -0.15) is 0 Å². The predicted octanol–water partition coefficient (Wildman–Crippen LogP) is 1.08. The summed E-state index contributed by atoms with van der Waals surface area (Å²) >= 11 is 0. The summed E-state index contributed by atoms with van der Waals surface area (Å²) < 4.78 is 4.89. The zero-order valence-electron chi connectivity index (χ0n) is 17.0. The van der Waals surface area contributed by atoms with Gasteiger partial charge in [-0.3, -0.25) is 14.5 Å². The van der Waals surface area contributed by atoms with Crippen molar-refractivity contribution in [3.63, 3.8) is 0 Å². The Morgan fingerprint density at radius 2 is 1.86 bits per heavy atom. The van der Waals surface area contributed by atoms with Gasteiger partial charge in [-0.25, -0.2) is 0 Å². The van der Waals surface area contributed by atoms with Crippen molar-refractivity contribution in [1.29, 1.82) is 0 Å². The Morgan fingerprint density at radius 3 is 2.61 bits per heavy atom. The van der Waals surface area contributed by atoms with Crippen LogP contribution in [0.2, 0.25) is 0 Å². The normalized spacial score (nSPS) is 17.9. The third-order valence-corrected chi connectivity index (χ3v) is 5.67. The summed E-state index contributed by atoms with van der Waals surface area (Å²) in [6, 6.07) is 6.76. The number of nitrogens with zero attached hydrogens (tertiary/aromatic N) is 2. The second-order valence-electron chi connectivity index (χ2n) is 7.63. The van der Waals surface area contributed by atoms with Crippen LogP contribution in [0.4, 0.5) is 5.69 Å². The van der Waals surface area contributed by atoms with Crippen molar-refractivity contribution in [2.24, 2.45) is 0 Å². The number of nitrogens with one attached hydrogen (secondary N) is 2. The van der Waals surface area contributed by atoms with E-state index < -0.39 is 11.8 Å². The molecule has 0 saturated carbocycles. The van der Waals surface area contributed by atoms with Crippen LogP contribution >= 0.6 is 0 Å². The van der Waals surface area contributed by atoms with Crippen LogP contribution in [-0.4, -0.2) is 70.2 Å². The van der Waals surface area contributed by atoms with Gasteiger partial charge in [0.1, 0.15) is 0 Å². The Bertz CT molecular complexity index is 688. The summed E-state index contributed by atoms with van der Waals surface area (Å²) in [6.45, 7) is 4.30. The maximum atomic E-state index is 12.2. The van der Waals surface area contributed by atoms with Crippen LogP contribution in [0.3, 0.4) is 0 Å². The van der Waals surface area contributed by atoms with Crippen molar-refractivity contribution in [3.8, 4) is 0 Å². The summed E-state index contributed by atoms with van der Waals surface area (Å²) in [5.41, 5.74) is 3.90. The Balaban J connectivity index is 1.68. The number of ether oxygens (including phenoxy) is 1. The van der Waals surface area contributed by atoms with E-state index in [1.54, 1.807) is 7.11 Å². The number of fused-ring (bicyclic) bond motifs is 1. The van der Waals surface area contributed by atoms with Gasteiger partial charge < -0.3 is 20.3 Å². The van der Waals surface area contributed by atoms with Crippen molar-refractivity contribution in [2.45, 2.75) is 31.7 Å². The number of carbonyl (C=O) groups excluding carboxylic acids is 2. The molecule has 2 heterocycles. The summed E-state index contributed by atoms with van der Waals surface area (Å²) in [4.78, 5) is 28.8. The Morgan fingerprint density at radius 1 is 1.11 bits per heavy atom. The molecular formula is C21H32N4O3. The maximum Gasteiger partial charge on any atom is 0.309 e. The first-order valence-corrected chi connectivity index (χ1v) is 10.2. The van der Waals surface area contributed by atoms with E-state index in [4.69, 9.17) is 4.74 Å². The lowest BCUT2D eigenvalue weighted by molar-refractivity contribution is -0.139. The van der Waals surface area contributed by atoms with Crippen molar-refractivity contribution >= 4 is 17.5 Å². The molecule has 2 aliphatic heterocycles. The largest absolute Gasteiger partial charge is 0.383 e. The molecule has 1 atom stereocenters. The SMILES string of the molecule is COCCNC(=O)C(=O)NC[C@@H](c1ccc2c(c1)CCCN2C)N1CCCC1. The van der Waals surface area contributed by atoms with Crippen LogP contribution in [0, 0.1) is 0 Å². The summed E-state index contributed by atoms with van der Waals surface area (Å²) in [7, 11) is 3.70. The molecule has 0 aliphatic carbocycles. The maximum absolute atomic E-state index is 12.2. The standard InChI is InChI=1S/C21H32N4O3/c1-24-10-5-6-16-14-17(7-8-18(16)24)19(25-11-3-4-12-25)15-23-21(27)20(26)22-9-13-28-2/h7-8,14,19H,3-6,9-13,15H2,1-2H3,(H,22,26)(H,23,27)/t19-/m0/s1. The lowest BCUT2D eigenvalue weighted by atomic mass is 9.96. The Kier molecular flexibility index (Phi) is 7.28. The monoisotopic (exact) mass is 388 g/mol. The molecule has 1 aromatic rings. The second kappa shape index (κ2) is 9.89. The number of carbonyl (C=O) groups is 2. The molecule has 0 aromatic heterocycles. The first kappa shape index (κ1) is 20.6. The number of methoxy groups -OCH3 is 1. The zero-order valence-corrected chi connectivity index (χ0v) is 17.0. The van der Waals surface area contributed by atoms with Gasteiger partial charge in [-0.05, 0) is 56.0 Å². The first-order valence-electron chi connectivity index (χ1n) is 10.2. The predicted molar refractivity (Wildman–Crippen MR) is 109 cm³/mol. The minimum Gasteiger partial charge on any atom is -0.383 e. The minimum absolute atomic E-state index is 0.0933. The first-order chi connectivity index (χ1) is 13.6. The molecule has 0 unspecified atom stereocenters. The number of hydrogen-bond donors (Lipinski definition) is 2. The lowest BCUT2D eigenvalue weighted by Crippen LogP contribution is -2.44. The second-order valence-corrected chi connectivity index (χ2v) is 7.63. The number of benzene rings is 1. The summed E-state index contributed by atoms with van der Waals surface area (Å²) in [6.07, 6.45) is 4.61. The van der Waals surface area contributed by atoms with E-state index in [1.807, 2.05) is 0 Å². The minimum atomic E-state index is -0.607. The van der Waals surface area contributed by atoms with Crippen LogP contribution in [-0.2, 0) is 20.7 Å². The van der Waals surface area contributed by atoms with Crippen LogP contribution in [0.1, 0.15) is 36.4 Å². The van der Waals surface area contributed by atoms with Crippen molar-refractivity contribution in [1.82, 2.24) is 15.5 Å². The number of likely N-dealkylation sites (tertiary alicyclic amines) is 1. The van der Waals surface area contributed by atoms with E-state index in [2.05, 4.69) is 45.7 Å². The highest BCUT2D eigenvalue weighted by atomic mass is 16.5. The van der Waals surface area contributed by atoms with Gasteiger partial charge in [0, 0.05) is 39.5 Å².